The van der Waals surface area contributed by atoms with Gasteiger partial charge in [0.15, 0.2) is 0 Å². The molecule has 10 aromatic rings. The topological polar surface area (TPSA) is 29.3 Å². The SMILES string of the molecule is c1ccc(-c2ccc(N(c3ccc(-c4ccc5c(c4)sc4ccc6ccncc6c45)cc3)c3cccc4oc5ccccc5c34)cc2)cc1. The zero-order chi connectivity index (χ0) is 32.3. The third-order valence-electron chi connectivity index (χ3n) is 9.57. The lowest BCUT2D eigenvalue weighted by molar-refractivity contribution is 0.669. The molecule has 0 saturated carbocycles. The van der Waals surface area contributed by atoms with Crippen LogP contribution < -0.4 is 4.90 Å². The molecule has 0 saturated heterocycles. The van der Waals surface area contributed by atoms with E-state index in [-0.39, 0.29) is 0 Å². The molecule has 3 nitrogen and oxygen atoms in total. The van der Waals surface area contributed by atoms with E-state index in [0.29, 0.717) is 0 Å². The third-order valence-corrected chi connectivity index (χ3v) is 10.7. The van der Waals surface area contributed by atoms with Gasteiger partial charge < -0.3 is 9.32 Å². The molecule has 3 aromatic heterocycles. The van der Waals surface area contributed by atoms with E-state index in [1.165, 1.54) is 53.2 Å². The number of benzene rings is 7. The summed E-state index contributed by atoms with van der Waals surface area (Å²) in [5.74, 6) is 0. The fourth-order valence-electron chi connectivity index (χ4n) is 7.22. The molecule has 0 N–H and O–H groups in total. The summed E-state index contributed by atoms with van der Waals surface area (Å²) in [5, 5.41) is 7.22. The van der Waals surface area contributed by atoms with Crippen molar-refractivity contribution < 1.29 is 4.42 Å². The summed E-state index contributed by atoms with van der Waals surface area (Å²) < 4.78 is 8.89. The second-order valence-electron chi connectivity index (χ2n) is 12.4. The first kappa shape index (κ1) is 27.8. The highest BCUT2D eigenvalue weighted by Gasteiger charge is 2.20. The van der Waals surface area contributed by atoms with Gasteiger partial charge in [0.1, 0.15) is 11.2 Å². The second kappa shape index (κ2) is 11.2. The summed E-state index contributed by atoms with van der Waals surface area (Å²) >= 11 is 1.85. The van der Waals surface area contributed by atoms with E-state index >= 15 is 0 Å². The fraction of sp³-hybridized carbons (Fsp3) is 0. The van der Waals surface area contributed by atoms with Gasteiger partial charge in [0.05, 0.1) is 11.1 Å². The normalized spacial score (nSPS) is 11.7. The molecule has 0 spiro atoms. The Balaban J connectivity index is 1.09. The lowest BCUT2D eigenvalue weighted by Crippen LogP contribution is -2.10. The maximum Gasteiger partial charge on any atom is 0.137 e. The lowest BCUT2D eigenvalue weighted by atomic mass is 10.0. The molecule has 0 aliphatic carbocycles. The van der Waals surface area contributed by atoms with Crippen molar-refractivity contribution in [1.29, 1.82) is 0 Å². The first-order chi connectivity index (χ1) is 24.3. The molecular formula is C45H28N2OS. The van der Waals surface area contributed by atoms with Gasteiger partial charge in [0.25, 0.3) is 0 Å². The number of hydrogen-bond donors (Lipinski definition) is 0. The number of aromatic nitrogens is 1. The summed E-state index contributed by atoms with van der Waals surface area (Å²) in [5.41, 5.74) is 9.78. The van der Waals surface area contributed by atoms with E-state index in [2.05, 4.69) is 155 Å². The van der Waals surface area contributed by atoms with Crippen LogP contribution in [-0.2, 0) is 0 Å². The number of para-hydroxylation sites is 1. The Hall–Kier alpha value is -6.23. The van der Waals surface area contributed by atoms with Crippen molar-refractivity contribution >= 4 is 81.3 Å². The van der Waals surface area contributed by atoms with Crippen LogP contribution in [0.25, 0.3) is 75.1 Å². The van der Waals surface area contributed by atoms with Gasteiger partial charge >= 0.3 is 0 Å². The summed E-state index contributed by atoms with van der Waals surface area (Å²) in [7, 11) is 0. The molecule has 3 heterocycles. The van der Waals surface area contributed by atoms with Crippen LogP contribution in [0.4, 0.5) is 17.1 Å². The van der Waals surface area contributed by atoms with Crippen molar-refractivity contribution in [1.82, 2.24) is 4.98 Å². The average molecular weight is 645 g/mol. The lowest BCUT2D eigenvalue weighted by Gasteiger charge is -2.26. The maximum atomic E-state index is 6.32. The second-order valence-corrected chi connectivity index (χ2v) is 13.5. The quantitative estimate of drug-likeness (QED) is 0.187. The fourth-order valence-corrected chi connectivity index (χ4v) is 8.38. The van der Waals surface area contributed by atoms with E-state index < -0.39 is 0 Å². The molecule has 4 heteroatoms. The van der Waals surface area contributed by atoms with Gasteiger partial charge in [-0.15, -0.1) is 11.3 Å². The number of rotatable bonds is 5. The molecule has 10 rings (SSSR count). The standard InChI is InChI=1S/C45H28N2OS/c1-2-7-29(8-3-1)30-13-19-34(20-14-30)47(39-10-6-12-41-45(39)36-9-4-5-11-40(36)48-41)35-21-15-31(16-22-35)33-17-23-37-43(27-33)49-42-24-18-32-25-26-46-28-38(32)44(37)42/h1-28H. The number of pyridine rings is 1. The van der Waals surface area contributed by atoms with Gasteiger partial charge in [-0.1, -0.05) is 97.1 Å². The molecule has 0 fully saturated rings. The van der Waals surface area contributed by atoms with E-state index in [4.69, 9.17) is 4.42 Å². The van der Waals surface area contributed by atoms with Crippen LogP contribution in [0.5, 0.6) is 0 Å². The monoisotopic (exact) mass is 644 g/mol. The Bertz CT molecular complexity index is 2810. The number of furan rings is 1. The van der Waals surface area contributed by atoms with Gasteiger partial charge in [0.2, 0.25) is 0 Å². The Labute approximate surface area is 286 Å². The van der Waals surface area contributed by atoms with E-state index in [1.807, 2.05) is 35.9 Å². The highest BCUT2D eigenvalue weighted by atomic mass is 32.1. The van der Waals surface area contributed by atoms with Crippen molar-refractivity contribution in [3.05, 3.63) is 170 Å². The Morgan fingerprint density at radius 1 is 0.469 bits per heavy atom. The summed E-state index contributed by atoms with van der Waals surface area (Å²) in [6.45, 7) is 0. The number of fused-ring (bicyclic) bond motifs is 8. The van der Waals surface area contributed by atoms with Crippen molar-refractivity contribution in [2.45, 2.75) is 0 Å². The minimum absolute atomic E-state index is 0.876. The van der Waals surface area contributed by atoms with Crippen LogP contribution in [0.1, 0.15) is 0 Å². The zero-order valence-electron chi connectivity index (χ0n) is 26.4. The number of thiophene rings is 1. The molecule has 230 valence electrons. The van der Waals surface area contributed by atoms with Crippen LogP contribution in [0.2, 0.25) is 0 Å². The van der Waals surface area contributed by atoms with E-state index in [9.17, 15) is 0 Å². The molecule has 0 atom stereocenters. The van der Waals surface area contributed by atoms with Crippen LogP contribution in [-0.4, -0.2) is 4.98 Å². The zero-order valence-corrected chi connectivity index (χ0v) is 27.2. The van der Waals surface area contributed by atoms with E-state index in [0.717, 1.165) is 39.0 Å². The Morgan fingerprint density at radius 3 is 1.98 bits per heavy atom. The number of anilines is 3. The van der Waals surface area contributed by atoms with Crippen molar-refractivity contribution in [2.24, 2.45) is 0 Å². The highest BCUT2D eigenvalue weighted by molar-refractivity contribution is 7.26. The first-order valence-corrected chi connectivity index (χ1v) is 17.3. The van der Waals surface area contributed by atoms with Crippen molar-refractivity contribution in [3.63, 3.8) is 0 Å². The summed E-state index contributed by atoms with van der Waals surface area (Å²) in [6, 6.07) is 56.3. The van der Waals surface area contributed by atoms with Crippen LogP contribution >= 0.6 is 11.3 Å². The molecule has 0 bridgehead atoms. The van der Waals surface area contributed by atoms with Gasteiger partial charge in [0, 0.05) is 54.7 Å². The van der Waals surface area contributed by atoms with Crippen LogP contribution in [0.3, 0.4) is 0 Å². The highest BCUT2D eigenvalue weighted by Crippen LogP contribution is 2.44. The van der Waals surface area contributed by atoms with Gasteiger partial charge in [-0.2, -0.15) is 0 Å². The number of nitrogens with zero attached hydrogens (tertiary/aromatic N) is 2. The first-order valence-electron chi connectivity index (χ1n) is 16.4. The van der Waals surface area contributed by atoms with Gasteiger partial charge in [-0.25, -0.2) is 0 Å². The minimum Gasteiger partial charge on any atom is -0.456 e. The van der Waals surface area contributed by atoms with Crippen molar-refractivity contribution in [3.8, 4) is 22.3 Å². The largest absolute Gasteiger partial charge is 0.456 e. The molecule has 0 aliphatic rings. The molecule has 49 heavy (non-hydrogen) atoms. The van der Waals surface area contributed by atoms with Gasteiger partial charge in [-0.3, -0.25) is 4.98 Å². The Morgan fingerprint density at radius 2 is 1.16 bits per heavy atom. The molecule has 7 aromatic carbocycles. The predicted octanol–water partition coefficient (Wildman–Crippen LogP) is 13.3. The predicted molar refractivity (Wildman–Crippen MR) is 207 cm³/mol. The molecule has 0 unspecified atom stereocenters. The third kappa shape index (κ3) is 4.61. The maximum absolute atomic E-state index is 6.32. The smallest absolute Gasteiger partial charge is 0.137 e. The van der Waals surface area contributed by atoms with E-state index in [1.54, 1.807) is 0 Å². The average Bonchev–Trinajstić information content (AvgIpc) is 3.75. The summed E-state index contributed by atoms with van der Waals surface area (Å²) in [4.78, 5) is 6.77. The Kier molecular flexibility index (Phi) is 6.36. The molecule has 0 amide bonds. The number of hydrogen-bond acceptors (Lipinski definition) is 4. The summed E-state index contributed by atoms with van der Waals surface area (Å²) in [6.07, 6.45) is 3.85. The van der Waals surface area contributed by atoms with Crippen molar-refractivity contribution in [2.75, 3.05) is 4.90 Å². The van der Waals surface area contributed by atoms with Crippen LogP contribution in [0.15, 0.2) is 175 Å². The van der Waals surface area contributed by atoms with Crippen LogP contribution in [0, 0.1) is 0 Å². The molecule has 0 aliphatic heterocycles. The van der Waals surface area contributed by atoms with Gasteiger partial charge in [-0.05, 0) is 88.3 Å². The molecular weight excluding hydrogens is 617 g/mol. The minimum atomic E-state index is 0.876. The molecule has 0 radical (unpaired) electrons.